The van der Waals surface area contributed by atoms with Gasteiger partial charge in [0, 0.05) is 19.1 Å². The van der Waals surface area contributed by atoms with Crippen molar-refractivity contribution in [2.75, 3.05) is 18.0 Å². The number of rotatable bonds is 4. The van der Waals surface area contributed by atoms with Gasteiger partial charge in [-0.2, -0.15) is 5.10 Å². The van der Waals surface area contributed by atoms with E-state index in [1.54, 1.807) is 0 Å². The summed E-state index contributed by atoms with van der Waals surface area (Å²) in [5.74, 6) is 2.62. The van der Waals surface area contributed by atoms with Crippen LogP contribution in [0, 0.1) is 20.8 Å². The minimum Gasteiger partial charge on any atom is -0.444 e. The largest absolute Gasteiger partial charge is 0.444 e. The quantitative estimate of drug-likeness (QED) is 0.933. The summed E-state index contributed by atoms with van der Waals surface area (Å²) in [6.45, 7) is 8.53. The molecular formula is C16H23N5O. The maximum Gasteiger partial charge on any atom is 0.208 e. The number of aromatic nitrogens is 3. The molecule has 1 fully saturated rings. The Balaban J connectivity index is 1.57. The highest BCUT2D eigenvalue weighted by atomic mass is 16.4. The zero-order valence-corrected chi connectivity index (χ0v) is 13.5. The van der Waals surface area contributed by atoms with Crippen LogP contribution in [0.15, 0.2) is 16.5 Å². The second-order valence-electron chi connectivity index (χ2n) is 5.95. The van der Waals surface area contributed by atoms with Crippen LogP contribution in [-0.2, 0) is 6.54 Å². The molecule has 0 saturated carbocycles. The molecule has 22 heavy (non-hydrogen) atoms. The van der Waals surface area contributed by atoms with Crippen molar-refractivity contribution in [1.82, 2.24) is 20.5 Å². The molecule has 0 spiro atoms. The van der Waals surface area contributed by atoms with E-state index < -0.39 is 0 Å². The maximum absolute atomic E-state index is 5.62. The lowest BCUT2D eigenvalue weighted by molar-refractivity contribution is 0.382. The second kappa shape index (κ2) is 6.44. The predicted molar refractivity (Wildman–Crippen MR) is 84.8 cm³/mol. The van der Waals surface area contributed by atoms with Crippen LogP contribution < -0.4 is 10.2 Å². The van der Waals surface area contributed by atoms with Crippen LogP contribution in [0.25, 0.3) is 0 Å². The van der Waals surface area contributed by atoms with E-state index in [9.17, 15) is 0 Å². The lowest BCUT2D eigenvalue weighted by Crippen LogP contribution is -2.45. The van der Waals surface area contributed by atoms with Crippen LogP contribution in [0.2, 0.25) is 0 Å². The normalized spacial score (nSPS) is 18.7. The van der Waals surface area contributed by atoms with Gasteiger partial charge < -0.3 is 14.6 Å². The Hall–Kier alpha value is -1.95. The number of nitrogens with zero attached hydrogens (tertiary/aromatic N) is 4. The van der Waals surface area contributed by atoms with Gasteiger partial charge in [0.15, 0.2) is 5.82 Å². The van der Waals surface area contributed by atoms with Crippen molar-refractivity contribution in [3.05, 3.63) is 35.2 Å². The molecule has 118 valence electrons. The van der Waals surface area contributed by atoms with E-state index in [-0.39, 0.29) is 0 Å². The highest BCUT2D eigenvalue weighted by Gasteiger charge is 2.21. The van der Waals surface area contributed by atoms with Crippen LogP contribution in [-0.4, -0.2) is 34.3 Å². The smallest absolute Gasteiger partial charge is 0.208 e. The standard InChI is InChI=1S/C16H23N5O/c1-11-6-7-15(20-19-11)21-8-4-5-14(10-21)17-9-16-18-12(2)13(3)22-16/h6-7,14,17H,4-5,8-10H2,1-3H3/t14-/m1/s1. The number of anilines is 1. The van der Waals surface area contributed by atoms with Gasteiger partial charge in [0.1, 0.15) is 5.76 Å². The topological polar surface area (TPSA) is 67.1 Å². The van der Waals surface area contributed by atoms with Gasteiger partial charge in [0.2, 0.25) is 5.89 Å². The molecule has 0 bridgehead atoms. The lowest BCUT2D eigenvalue weighted by Gasteiger charge is -2.33. The number of hydrogen-bond acceptors (Lipinski definition) is 6. The average molecular weight is 301 g/mol. The molecule has 2 aromatic rings. The molecule has 0 aliphatic carbocycles. The van der Waals surface area contributed by atoms with Crippen molar-refractivity contribution in [3.63, 3.8) is 0 Å². The summed E-state index contributed by atoms with van der Waals surface area (Å²) in [4.78, 5) is 6.71. The number of oxazole rings is 1. The van der Waals surface area contributed by atoms with Crippen molar-refractivity contribution in [2.45, 2.75) is 46.2 Å². The van der Waals surface area contributed by atoms with Gasteiger partial charge in [-0.3, -0.25) is 0 Å². The van der Waals surface area contributed by atoms with Crippen LogP contribution >= 0.6 is 0 Å². The van der Waals surface area contributed by atoms with Gasteiger partial charge >= 0.3 is 0 Å². The number of hydrogen-bond donors (Lipinski definition) is 1. The molecule has 1 N–H and O–H groups in total. The van der Waals surface area contributed by atoms with Crippen LogP contribution in [0.1, 0.15) is 35.9 Å². The SMILES string of the molecule is Cc1ccc(N2CCC[C@@H](NCc3nc(C)c(C)o3)C2)nn1. The van der Waals surface area contributed by atoms with Gasteiger partial charge in [-0.1, -0.05) is 0 Å². The first-order valence-corrected chi connectivity index (χ1v) is 7.83. The first-order valence-electron chi connectivity index (χ1n) is 7.83. The van der Waals surface area contributed by atoms with Crippen LogP contribution in [0.3, 0.4) is 0 Å². The minimum absolute atomic E-state index is 0.421. The van der Waals surface area contributed by atoms with Gasteiger partial charge in [0.05, 0.1) is 17.9 Å². The van der Waals surface area contributed by atoms with Crippen molar-refractivity contribution >= 4 is 5.82 Å². The van der Waals surface area contributed by atoms with Crippen molar-refractivity contribution < 1.29 is 4.42 Å². The summed E-state index contributed by atoms with van der Waals surface area (Å²) in [6.07, 6.45) is 2.31. The van der Waals surface area contributed by atoms with Gasteiger partial charge in [-0.15, -0.1) is 5.10 Å². The molecule has 1 atom stereocenters. The van der Waals surface area contributed by atoms with Crippen molar-refractivity contribution in [3.8, 4) is 0 Å². The molecule has 0 aromatic carbocycles. The Morgan fingerprint density at radius 3 is 2.82 bits per heavy atom. The first kappa shape index (κ1) is 15.0. The van der Waals surface area contributed by atoms with E-state index in [1.165, 1.54) is 0 Å². The third kappa shape index (κ3) is 3.44. The van der Waals surface area contributed by atoms with Crippen LogP contribution in [0.5, 0.6) is 0 Å². The van der Waals surface area contributed by atoms with E-state index in [1.807, 2.05) is 32.9 Å². The van der Waals surface area contributed by atoms with E-state index in [0.29, 0.717) is 12.6 Å². The molecular weight excluding hydrogens is 278 g/mol. The highest BCUT2D eigenvalue weighted by Crippen LogP contribution is 2.17. The third-order valence-electron chi connectivity index (χ3n) is 4.14. The lowest BCUT2D eigenvalue weighted by atomic mass is 10.1. The van der Waals surface area contributed by atoms with E-state index in [0.717, 1.165) is 54.8 Å². The first-order chi connectivity index (χ1) is 10.6. The van der Waals surface area contributed by atoms with Gasteiger partial charge in [-0.25, -0.2) is 4.98 Å². The highest BCUT2D eigenvalue weighted by molar-refractivity contribution is 5.38. The Morgan fingerprint density at radius 2 is 2.14 bits per heavy atom. The molecule has 0 radical (unpaired) electrons. The molecule has 1 saturated heterocycles. The van der Waals surface area contributed by atoms with E-state index >= 15 is 0 Å². The van der Waals surface area contributed by atoms with Crippen molar-refractivity contribution in [2.24, 2.45) is 0 Å². The summed E-state index contributed by atoms with van der Waals surface area (Å²) in [5.41, 5.74) is 1.92. The summed E-state index contributed by atoms with van der Waals surface area (Å²) >= 11 is 0. The molecule has 6 heteroatoms. The van der Waals surface area contributed by atoms with Crippen molar-refractivity contribution in [1.29, 1.82) is 0 Å². The Kier molecular flexibility index (Phi) is 4.38. The van der Waals surface area contributed by atoms with E-state index in [4.69, 9.17) is 4.42 Å². The Labute approximate surface area is 130 Å². The molecule has 1 aliphatic rings. The third-order valence-corrected chi connectivity index (χ3v) is 4.14. The fourth-order valence-corrected chi connectivity index (χ4v) is 2.76. The van der Waals surface area contributed by atoms with Gasteiger partial charge in [0.25, 0.3) is 0 Å². The second-order valence-corrected chi connectivity index (χ2v) is 5.95. The molecule has 1 aliphatic heterocycles. The minimum atomic E-state index is 0.421. The Morgan fingerprint density at radius 1 is 1.27 bits per heavy atom. The number of piperidine rings is 1. The monoisotopic (exact) mass is 301 g/mol. The number of aryl methyl sites for hydroxylation is 3. The fraction of sp³-hybridized carbons (Fsp3) is 0.562. The van der Waals surface area contributed by atoms with Gasteiger partial charge in [-0.05, 0) is 45.7 Å². The number of nitrogens with one attached hydrogen (secondary N) is 1. The summed E-state index contributed by atoms with van der Waals surface area (Å²) in [5, 5.41) is 12.0. The summed E-state index contributed by atoms with van der Waals surface area (Å²) in [7, 11) is 0. The molecule has 2 aromatic heterocycles. The summed E-state index contributed by atoms with van der Waals surface area (Å²) < 4.78 is 5.62. The average Bonchev–Trinajstić information content (AvgIpc) is 2.85. The Bertz CT molecular complexity index is 602. The van der Waals surface area contributed by atoms with Crippen LogP contribution in [0.4, 0.5) is 5.82 Å². The molecule has 0 amide bonds. The molecule has 0 unspecified atom stereocenters. The molecule has 3 rings (SSSR count). The summed E-state index contributed by atoms with van der Waals surface area (Å²) in [6, 6.07) is 4.48. The zero-order chi connectivity index (χ0) is 15.5. The predicted octanol–water partition coefficient (Wildman–Crippen LogP) is 2.15. The fourth-order valence-electron chi connectivity index (χ4n) is 2.76. The molecule has 3 heterocycles. The zero-order valence-electron chi connectivity index (χ0n) is 13.5. The molecule has 6 nitrogen and oxygen atoms in total. The van der Waals surface area contributed by atoms with E-state index in [2.05, 4.69) is 25.4 Å². The maximum atomic E-state index is 5.62.